The first-order valence-corrected chi connectivity index (χ1v) is 10.4. The van der Waals surface area contributed by atoms with Gasteiger partial charge in [0, 0.05) is 18.3 Å². The Morgan fingerprint density at radius 3 is 2.72 bits per heavy atom. The van der Waals surface area contributed by atoms with Gasteiger partial charge in [-0.15, -0.1) is 0 Å². The molecule has 0 fully saturated rings. The molecule has 1 aliphatic heterocycles. The van der Waals surface area contributed by atoms with Gasteiger partial charge in [0.05, 0.1) is 0 Å². The summed E-state index contributed by atoms with van der Waals surface area (Å²) >= 11 is 0. The van der Waals surface area contributed by atoms with Gasteiger partial charge < -0.3 is 23.9 Å². The van der Waals surface area contributed by atoms with Gasteiger partial charge in [0.25, 0.3) is 5.89 Å². The number of aromatic nitrogens is 3. The molecule has 2 aromatic carbocycles. The van der Waals surface area contributed by atoms with Crippen LogP contribution < -0.4 is 14.8 Å². The second-order valence-electron chi connectivity index (χ2n) is 7.46. The molecule has 1 aliphatic rings. The number of carbonyl (C=O) groups excluding carboxylic acids is 1. The van der Waals surface area contributed by atoms with Crippen molar-refractivity contribution in [3.05, 3.63) is 71.9 Å². The fourth-order valence-corrected chi connectivity index (χ4v) is 3.53. The Kier molecular flexibility index (Phi) is 5.33. The van der Waals surface area contributed by atoms with E-state index in [1.807, 2.05) is 48.7 Å². The molecule has 0 spiro atoms. The summed E-state index contributed by atoms with van der Waals surface area (Å²) in [6.07, 6.45) is 2.81. The molecule has 162 valence electrons. The number of nitrogens with zero attached hydrogens (tertiary/aromatic N) is 3. The van der Waals surface area contributed by atoms with E-state index in [0.717, 1.165) is 17.5 Å². The van der Waals surface area contributed by atoms with Crippen LogP contribution in [0, 0.1) is 0 Å². The number of nitrogens with one attached hydrogen (secondary N) is 1. The number of benzene rings is 2. The van der Waals surface area contributed by atoms with Gasteiger partial charge in [0.15, 0.2) is 11.5 Å². The van der Waals surface area contributed by atoms with E-state index in [1.54, 1.807) is 4.57 Å². The van der Waals surface area contributed by atoms with Crippen molar-refractivity contribution in [2.45, 2.75) is 26.4 Å². The zero-order chi connectivity index (χ0) is 21.9. The van der Waals surface area contributed by atoms with E-state index >= 15 is 0 Å². The second kappa shape index (κ2) is 8.58. The SMILES string of the molecule is CCc1ccc(CNC(=O)Cn2cccc2-c2nc(-c3ccc4c(c3)OCO4)no2)cc1. The Morgan fingerprint density at radius 1 is 1.06 bits per heavy atom. The van der Waals surface area contributed by atoms with Crippen molar-refractivity contribution >= 4 is 5.91 Å². The quantitative estimate of drug-likeness (QED) is 0.479. The first-order valence-electron chi connectivity index (χ1n) is 10.4. The maximum Gasteiger partial charge on any atom is 0.274 e. The highest BCUT2D eigenvalue weighted by molar-refractivity contribution is 5.76. The van der Waals surface area contributed by atoms with Crippen LogP contribution in [0.5, 0.6) is 11.5 Å². The monoisotopic (exact) mass is 430 g/mol. The van der Waals surface area contributed by atoms with Crippen LogP contribution in [0.3, 0.4) is 0 Å². The molecule has 0 aliphatic carbocycles. The summed E-state index contributed by atoms with van der Waals surface area (Å²) in [7, 11) is 0. The molecular weight excluding hydrogens is 408 g/mol. The summed E-state index contributed by atoms with van der Waals surface area (Å²) < 4.78 is 18.0. The van der Waals surface area contributed by atoms with Crippen LogP contribution in [0.1, 0.15) is 18.1 Å². The number of fused-ring (bicyclic) bond motifs is 1. The van der Waals surface area contributed by atoms with E-state index < -0.39 is 0 Å². The highest BCUT2D eigenvalue weighted by atomic mass is 16.7. The third-order valence-corrected chi connectivity index (χ3v) is 5.34. The van der Waals surface area contributed by atoms with Gasteiger partial charge in [-0.3, -0.25) is 4.79 Å². The van der Waals surface area contributed by atoms with E-state index in [1.165, 1.54) is 5.56 Å². The topological polar surface area (TPSA) is 91.4 Å². The minimum atomic E-state index is -0.0995. The first kappa shape index (κ1) is 19.9. The summed E-state index contributed by atoms with van der Waals surface area (Å²) in [5, 5.41) is 7.04. The molecule has 3 heterocycles. The van der Waals surface area contributed by atoms with E-state index in [9.17, 15) is 4.79 Å². The van der Waals surface area contributed by atoms with Crippen LogP contribution in [0.25, 0.3) is 23.0 Å². The number of hydrogen-bond donors (Lipinski definition) is 1. The van der Waals surface area contributed by atoms with E-state index in [4.69, 9.17) is 14.0 Å². The fourth-order valence-electron chi connectivity index (χ4n) is 3.53. The Labute approximate surface area is 184 Å². The Balaban J connectivity index is 1.26. The molecule has 0 unspecified atom stereocenters. The van der Waals surface area contributed by atoms with Gasteiger partial charge in [0.2, 0.25) is 18.5 Å². The molecular formula is C24H22N4O4. The number of aryl methyl sites for hydroxylation is 1. The van der Waals surface area contributed by atoms with Gasteiger partial charge in [-0.25, -0.2) is 0 Å². The predicted molar refractivity (Wildman–Crippen MR) is 117 cm³/mol. The average Bonchev–Trinajstić information content (AvgIpc) is 3.57. The normalized spacial score (nSPS) is 12.2. The zero-order valence-electron chi connectivity index (χ0n) is 17.6. The molecule has 5 rings (SSSR count). The van der Waals surface area contributed by atoms with Gasteiger partial charge in [-0.05, 0) is 47.9 Å². The van der Waals surface area contributed by atoms with Crippen LogP contribution in [0.2, 0.25) is 0 Å². The molecule has 2 aromatic heterocycles. The molecule has 1 N–H and O–H groups in total. The summed E-state index contributed by atoms with van der Waals surface area (Å²) in [6, 6.07) is 17.4. The standard InChI is InChI=1S/C24H22N4O4/c1-2-16-5-7-17(8-6-16)13-25-22(29)14-28-11-3-4-19(28)24-26-23(27-32-24)18-9-10-20-21(12-18)31-15-30-20/h3-12H,2,13-15H2,1H3,(H,25,29). The number of carbonyl (C=O) groups is 1. The lowest BCUT2D eigenvalue weighted by atomic mass is 10.1. The van der Waals surface area contributed by atoms with Crippen LogP contribution in [0.15, 0.2) is 65.3 Å². The maximum absolute atomic E-state index is 12.5. The molecule has 0 atom stereocenters. The van der Waals surface area contributed by atoms with Crippen LogP contribution in [-0.4, -0.2) is 27.4 Å². The molecule has 0 radical (unpaired) electrons. The molecule has 0 saturated carbocycles. The number of ether oxygens (including phenoxy) is 2. The van der Waals surface area contributed by atoms with E-state index in [0.29, 0.717) is 35.5 Å². The minimum absolute atomic E-state index is 0.0995. The molecule has 0 saturated heterocycles. The molecule has 32 heavy (non-hydrogen) atoms. The van der Waals surface area contributed by atoms with Gasteiger partial charge in [0.1, 0.15) is 12.2 Å². The summed E-state index contributed by atoms with van der Waals surface area (Å²) in [6.45, 7) is 2.95. The average molecular weight is 430 g/mol. The molecule has 8 heteroatoms. The van der Waals surface area contributed by atoms with Crippen molar-refractivity contribution in [1.82, 2.24) is 20.0 Å². The highest BCUT2D eigenvalue weighted by Crippen LogP contribution is 2.35. The Bertz CT molecular complexity index is 1240. The van der Waals surface area contributed by atoms with Crippen LogP contribution in [0.4, 0.5) is 0 Å². The lowest BCUT2D eigenvalue weighted by Gasteiger charge is -2.08. The lowest BCUT2D eigenvalue weighted by molar-refractivity contribution is -0.121. The third-order valence-electron chi connectivity index (χ3n) is 5.34. The highest BCUT2D eigenvalue weighted by Gasteiger charge is 2.18. The lowest BCUT2D eigenvalue weighted by Crippen LogP contribution is -2.27. The predicted octanol–water partition coefficient (Wildman–Crippen LogP) is 3.81. The first-order chi connectivity index (χ1) is 15.7. The molecule has 0 bridgehead atoms. The van der Waals surface area contributed by atoms with Crippen molar-refractivity contribution in [1.29, 1.82) is 0 Å². The fraction of sp³-hybridized carbons (Fsp3) is 0.208. The molecule has 1 amide bonds. The number of amides is 1. The summed E-state index contributed by atoms with van der Waals surface area (Å²) in [5.74, 6) is 2.02. The van der Waals surface area contributed by atoms with E-state index in [-0.39, 0.29) is 19.2 Å². The maximum atomic E-state index is 12.5. The molecule has 8 nitrogen and oxygen atoms in total. The number of hydrogen-bond acceptors (Lipinski definition) is 6. The smallest absolute Gasteiger partial charge is 0.274 e. The Hall–Kier alpha value is -4.07. The van der Waals surface area contributed by atoms with Gasteiger partial charge >= 0.3 is 0 Å². The van der Waals surface area contributed by atoms with Crippen LogP contribution in [-0.2, 0) is 24.3 Å². The molecule has 4 aromatic rings. The second-order valence-corrected chi connectivity index (χ2v) is 7.46. The van der Waals surface area contributed by atoms with Gasteiger partial charge in [-0.1, -0.05) is 36.3 Å². The van der Waals surface area contributed by atoms with Crippen molar-refractivity contribution in [3.8, 4) is 34.5 Å². The zero-order valence-corrected chi connectivity index (χ0v) is 17.6. The van der Waals surface area contributed by atoms with E-state index in [2.05, 4.69) is 34.5 Å². The number of rotatable bonds is 7. The minimum Gasteiger partial charge on any atom is -0.454 e. The van der Waals surface area contributed by atoms with Crippen LogP contribution >= 0.6 is 0 Å². The van der Waals surface area contributed by atoms with Crippen molar-refractivity contribution in [2.75, 3.05) is 6.79 Å². The van der Waals surface area contributed by atoms with Crippen molar-refractivity contribution < 1.29 is 18.8 Å². The van der Waals surface area contributed by atoms with Gasteiger partial charge in [-0.2, -0.15) is 4.98 Å². The summed E-state index contributed by atoms with van der Waals surface area (Å²) in [5.41, 5.74) is 3.77. The largest absolute Gasteiger partial charge is 0.454 e. The van der Waals surface area contributed by atoms with Crippen molar-refractivity contribution in [3.63, 3.8) is 0 Å². The summed E-state index contributed by atoms with van der Waals surface area (Å²) in [4.78, 5) is 17.0. The Morgan fingerprint density at radius 2 is 1.88 bits per heavy atom. The third kappa shape index (κ3) is 4.07. The van der Waals surface area contributed by atoms with Crippen molar-refractivity contribution in [2.24, 2.45) is 0 Å².